The SMILES string of the molecule is CC[C@H](C)Oc1ccc(/C=C2\C(=O)NC(=S)N(C)C2=O)cc1OC. The number of likely N-dealkylation sites (N-methyl/N-ethyl adjacent to an activating group) is 1. The Kier molecular flexibility index (Phi) is 5.56. The van der Waals surface area contributed by atoms with Crippen LogP contribution in [0.4, 0.5) is 0 Å². The van der Waals surface area contributed by atoms with Crippen LogP contribution in [0.15, 0.2) is 23.8 Å². The number of thiocarbonyl (C=S) groups is 1. The normalized spacial score (nSPS) is 17.8. The molecule has 1 aromatic rings. The van der Waals surface area contributed by atoms with Gasteiger partial charge in [-0.2, -0.15) is 0 Å². The topological polar surface area (TPSA) is 67.9 Å². The van der Waals surface area contributed by atoms with Gasteiger partial charge in [-0.25, -0.2) is 0 Å². The zero-order chi connectivity index (χ0) is 17.9. The molecule has 1 aliphatic rings. The predicted molar refractivity (Wildman–Crippen MR) is 94.9 cm³/mol. The molecule has 2 amide bonds. The molecule has 1 atom stereocenters. The number of carbonyl (C=O) groups is 2. The molecule has 128 valence electrons. The Morgan fingerprint density at radius 3 is 2.67 bits per heavy atom. The first-order chi connectivity index (χ1) is 11.4. The van der Waals surface area contributed by atoms with Crippen molar-refractivity contribution >= 4 is 35.2 Å². The third-order valence-corrected chi connectivity index (χ3v) is 4.08. The number of benzene rings is 1. The standard InChI is InChI=1S/C17H20N2O4S/c1-5-10(2)23-13-7-6-11(9-14(13)22-4)8-12-15(20)18-17(24)19(3)16(12)21/h6-10H,5H2,1-4H3,(H,18,20,24)/b12-8+/t10-/m0/s1. The zero-order valence-electron chi connectivity index (χ0n) is 14.1. The van der Waals surface area contributed by atoms with Crippen LogP contribution in [-0.4, -0.2) is 42.1 Å². The van der Waals surface area contributed by atoms with Gasteiger partial charge in [0, 0.05) is 7.05 Å². The van der Waals surface area contributed by atoms with E-state index in [9.17, 15) is 9.59 Å². The van der Waals surface area contributed by atoms with Crippen LogP contribution in [0.1, 0.15) is 25.8 Å². The summed E-state index contributed by atoms with van der Waals surface area (Å²) in [6.45, 7) is 4.00. The molecule has 7 heteroatoms. The molecule has 1 aromatic carbocycles. The highest BCUT2D eigenvalue weighted by Gasteiger charge is 2.30. The van der Waals surface area contributed by atoms with Crippen LogP contribution >= 0.6 is 12.2 Å². The maximum Gasteiger partial charge on any atom is 0.265 e. The molecule has 1 aliphatic heterocycles. The molecule has 0 radical (unpaired) electrons. The predicted octanol–water partition coefficient (Wildman–Crippen LogP) is 2.13. The fourth-order valence-corrected chi connectivity index (χ4v) is 2.26. The van der Waals surface area contributed by atoms with Gasteiger partial charge in [-0.05, 0) is 49.3 Å². The molecule has 0 unspecified atom stereocenters. The molecule has 6 nitrogen and oxygen atoms in total. The highest BCUT2D eigenvalue weighted by Crippen LogP contribution is 2.30. The monoisotopic (exact) mass is 348 g/mol. The van der Waals surface area contributed by atoms with E-state index in [1.54, 1.807) is 25.3 Å². The van der Waals surface area contributed by atoms with E-state index in [-0.39, 0.29) is 16.8 Å². The van der Waals surface area contributed by atoms with Gasteiger partial charge in [0.05, 0.1) is 13.2 Å². The number of carbonyl (C=O) groups excluding carboxylic acids is 2. The highest BCUT2D eigenvalue weighted by molar-refractivity contribution is 7.80. The third-order valence-electron chi connectivity index (χ3n) is 3.71. The number of hydrogen-bond acceptors (Lipinski definition) is 5. The molecular weight excluding hydrogens is 328 g/mol. The van der Waals surface area contributed by atoms with Crippen LogP contribution in [0.5, 0.6) is 11.5 Å². The fourth-order valence-electron chi connectivity index (χ4n) is 2.08. The molecule has 0 aromatic heterocycles. The largest absolute Gasteiger partial charge is 0.493 e. The Balaban J connectivity index is 2.34. The van der Waals surface area contributed by atoms with Gasteiger partial charge in [0.1, 0.15) is 5.57 Å². The van der Waals surface area contributed by atoms with E-state index in [0.717, 1.165) is 6.42 Å². The molecule has 2 rings (SSSR count). The maximum absolute atomic E-state index is 12.2. The highest BCUT2D eigenvalue weighted by atomic mass is 32.1. The minimum Gasteiger partial charge on any atom is -0.493 e. The minimum atomic E-state index is -0.512. The van der Waals surface area contributed by atoms with Gasteiger partial charge < -0.3 is 9.47 Å². The number of rotatable bonds is 5. The molecule has 1 heterocycles. The molecule has 0 aliphatic carbocycles. The Labute approximate surface area is 146 Å². The molecule has 0 saturated carbocycles. The number of amides is 2. The second kappa shape index (κ2) is 7.44. The van der Waals surface area contributed by atoms with Crippen LogP contribution in [0.3, 0.4) is 0 Å². The van der Waals surface area contributed by atoms with Crippen molar-refractivity contribution in [2.24, 2.45) is 0 Å². The molecule has 24 heavy (non-hydrogen) atoms. The first-order valence-electron chi connectivity index (χ1n) is 7.57. The minimum absolute atomic E-state index is 0.0174. The lowest BCUT2D eigenvalue weighted by Crippen LogP contribution is -2.52. The summed E-state index contributed by atoms with van der Waals surface area (Å²) in [5, 5.41) is 2.57. The molecule has 1 saturated heterocycles. The quantitative estimate of drug-likeness (QED) is 0.502. The van der Waals surface area contributed by atoms with Gasteiger partial charge in [0.2, 0.25) is 0 Å². The summed E-state index contributed by atoms with van der Waals surface area (Å²) in [5.74, 6) is 0.202. The van der Waals surface area contributed by atoms with Gasteiger partial charge in [0.15, 0.2) is 16.6 Å². The van der Waals surface area contributed by atoms with E-state index in [1.807, 2.05) is 13.8 Å². The second-order valence-corrected chi connectivity index (χ2v) is 5.82. The smallest absolute Gasteiger partial charge is 0.265 e. The summed E-state index contributed by atoms with van der Waals surface area (Å²) < 4.78 is 11.1. The summed E-state index contributed by atoms with van der Waals surface area (Å²) in [6.07, 6.45) is 2.44. The summed E-state index contributed by atoms with van der Waals surface area (Å²) >= 11 is 4.92. The lowest BCUT2D eigenvalue weighted by molar-refractivity contribution is -0.128. The fraction of sp³-hybridized carbons (Fsp3) is 0.353. The van der Waals surface area contributed by atoms with Crippen molar-refractivity contribution in [1.82, 2.24) is 10.2 Å². The number of hydrogen-bond donors (Lipinski definition) is 1. The van der Waals surface area contributed by atoms with Crippen molar-refractivity contribution < 1.29 is 19.1 Å². The lowest BCUT2D eigenvalue weighted by atomic mass is 10.1. The molecular formula is C17H20N2O4S. The number of methoxy groups -OCH3 is 1. The number of nitrogens with one attached hydrogen (secondary N) is 1. The number of ether oxygens (including phenoxy) is 2. The van der Waals surface area contributed by atoms with Crippen LogP contribution in [0, 0.1) is 0 Å². The van der Waals surface area contributed by atoms with Gasteiger partial charge >= 0.3 is 0 Å². The molecule has 1 N–H and O–H groups in total. The Morgan fingerprint density at radius 2 is 2.04 bits per heavy atom. The van der Waals surface area contributed by atoms with E-state index < -0.39 is 11.8 Å². The van der Waals surface area contributed by atoms with Gasteiger partial charge in [-0.15, -0.1) is 0 Å². The lowest BCUT2D eigenvalue weighted by Gasteiger charge is -2.25. The number of nitrogens with zero attached hydrogens (tertiary/aromatic N) is 1. The molecule has 0 bridgehead atoms. The maximum atomic E-state index is 12.2. The first-order valence-corrected chi connectivity index (χ1v) is 7.98. The zero-order valence-corrected chi connectivity index (χ0v) is 14.9. The van der Waals surface area contributed by atoms with E-state index in [2.05, 4.69) is 5.32 Å². The van der Waals surface area contributed by atoms with Crippen LogP contribution in [-0.2, 0) is 9.59 Å². The van der Waals surface area contributed by atoms with E-state index in [0.29, 0.717) is 17.1 Å². The first kappa shape index (κ1) is 17.9. The van der Waals surface area contributed by atoms with Crippen LogP contribution in [0.2, 0.25) is 0 Å². The van der Waals surface area contributed by atoms with Crippen molar-refractivity contribution in [3.05, 3.63) is 29.3 Å². The second-order valence-electron chi connectivity index (χ2n) is 5.43. The summed E-state index contributed by atoms with van der Waals surface area (Å²) in [6, 6.07) is 5.25. The van der Waals surface area contributed by atoms with Gasteiger partial charge in [-0.1, -0.05) is 13.0 Å². The van der Waals surface area contributed by atoms with E-state index >= 15 is 0 Å². The summed E-state index contributed by atoms with van der Waals surface area (Å²) in [7, 11) is 3.06. The van der Waals surface area contributed by atoms with Crippen molar-refractivity contribution in [1.29, 1.82) is 0 Å². The Hall–Kier alpha value is -2.41. The Bertz CT molecular complexity index is 715. The van der Waals surface area contributed by atoms with Crippen molar-refractivity contribution in [2.75, 3.05) is 14.2 Å². The van der Waals surface area contributed by atoms with Crippen LogP contribution < -0.4 is 14.8 Å². The van der Waals surface area contributed by atoms with Crippen molar-refractivity contribution in [3.8, 4) is 11.5 Å². The average molecular weight is 348 g/mol. The summed E-state index contributed by atoms with van der Waals surface area (Å²) in [5.41, 5.74) is 0.673. The summed E-state index contributed by atoms with van der Waals surface area (Å²) in [4.78, 5) is 25.4. The molecule has 1 fully saturated rings. The molecule has 0 spiro atoms. The van der Waals surface area contributed by atoms with Gasteiger partial charge in [0.25, 0.3) is 11.8 Å². The van der Waals surface area contributed by atoms with Crippen LogP contribution in [0.25, 0.3) is 6.08 Å². The van der Waals surface area contributed by atoms with Gasteiger partial charge in [-0.3, -0.25) is 19.8 Å². The van der Waals surface area contributed by atoms with E-state index in [1.165, 1.54) is 18.0 Å². The Morgan fingerprint density at radius 1 is 1.33 bits per heavy atom. The van der Waals surface area contributed by atoms with Crippen molar-refractivity contribution in [2.45, 2.75) is 26.4 Å². The average Bonchev–Trinajstić information content (AvgIpc) is 2.57. The van der Waals surface area contributed by atoms with E-state index in [4.69, 9.17) is 21.7 Å². The third kappa shape index (κ3) is 3.73. The van der Waals surface area contributed by atoms with Crippen molar-refractivity contribution in [3.63, 3.8) is 0 Å².